The Hall–Kier alpha value is -1.30. The normalized spacial score (nSPS) is 11.6. The topological polar surface area (TPSA) is 54.4 Å². The van der Waals surface area contributed by atoms with Crippen molar-refractivity contribution in [2.75, 3.05) is 0 Å². The predicted octanol–water partition coefficient (Wildman–Crippen LogP) is 1.72. The molecule has 0 saturated heterocycles. The first-order valence-corrected chi connectivity index (χ1v) is 4.83. The van der Waals surface area contributed by atoms with Gasteiger partial charge < -0.3 is 9.90 Å². The fourth-order valence-electron chi connectivity index (χ4n) is 1.28. The highest BCUT2D eigenvalue weighted by atomic mass is 16.4. The maximum absolute atomic E-state index is 10.6. The number of hydrogen-bond acceptors (Lipinski definition) is 2. The van der Waals surface area contributed by atoms with Crippen molar-refractivity contribution in [3.05, 3.63) is 0 Å². The second-order valence-electron chi connectivity index (χ2n) is 3.24. The Morgan fingerprint density at radius 3 is 2.36 bits per heavy atom. The van der Waals surface area contributed by atoms with E-state index in [9.17, 15) is 9.59 Å². The zero-order chi connectivity index (χ0) is 11.0. The number of rotatable bonds is 5. The first kappa shape index (κ1) is 12.7. The first-order chi connectivity index (χ1) is 6.63. The van der Waals surface area contributed by atoms with Gasteiger partial charge >= 0.3 is 5.97 Å². The van der Waals surface area contributed by atoms with E-state index in [4.69, 9.17) is 5.11 Å². The molecular formula is C11H16O3. The number of carboxylic acid groups (broad SMARTS) is 1. The zero-order valence-corrected chi connectivity index (χ0v) is 8.62. The molecule has 0 aromatic heterocycles. The van der Waals surface area contributed by atoms with E-state index in [1.165, 1.54) is 0 Å². The van der Waals surface area contributed by atoms with Crippen LogP contribution in [0.3, 0.4) is 0 Å². The summed E-state index contributed by atoms with van der Waals surface area (Å²) in [5.74, 6) is 3.27. The highest BCUT2D eigenvalue weighted by molar-refractivity contribution is 5.87. The lowest BCUT2D eigenvalue weighted by Gasteiger charge is -2.12. The molecule has 14 heavy (non-hydrogen) atoms. The summed E-state index contributed by atoms with van der Waals surface area (Å²) in [7, 11) is 0. The van der Waals surface area contributed by atoms with Crippen molar-refractivity contribution in [3.63, 3.8) is 0 Å². The number of carbonyl (C=O) groups is 2. The van der Waals surface area contributed by atoms with Gasteiger partial charge in [-0.1, -0.05) is 32.6 Å². The minimum atomic E-state index is -1.18. The van der Waals surface area contributed by atoms with Gasteiger partial charge in [0.25, 0.3) is 0 Å². The third-order valence-corrected chi connectivity index (χ3v) is 2.27. The van der Waals surface area contributed by atoms with Crippen molar-refractivity contribution in [1.29, 1.82) is 0 Å². The third kappa shape index (κ3) is 5.36. The first-order valence-electron chi connectivity index (χ1n) is 4.83. The van der Waals surface area contributed by atoms with E-state index >= 15 is 0 Å². The summed E-state index contributed by atoms with van der Waals surface area (Å²) in [6.07, 6.45) is 3.39. The Bertz CT molecular complexity index is 243. The average Bonchev–Trinajstić information content (AvgIpc) is 2.18. The summed E-state index contributed by atoms with van der Waals surface area (Å²) in [6.45, 7) is 4.11. The molecule has 78 valence electrons. The molecule has 1 atom stereocenters. The monoisotopic (exact) mass is 196 g/mol. The second kappa shape index (κ2) is 7.14. The van der Waals surface area contributed by atoms with Gasteiger partial charge in [0, 0.05) is 5.92 Å². The molecule has 0 aromatic carbocycles. The molecule has 1 unspecified atom stereocenters. The highest BCUT2D eigenvalue weighted by Crippen LogP contribution is 2.17. The number of aldehydes is 1. The SMILES string of the molecule is CCC(CC)CC(C#CC(=O)O)C=O. The summed E-state index contributed by atoms with van der Waals surface area (Å²) in [5, 5.41) is 8.32. The molecule has 1 N–H and O–H groups in total. The molecule has 0 aliphatic carbocycles. The highest BCUT2D eigenvalue weighted by Gasteiger charge is 2.10. The van der Waals surface area contributed by atoms with Crippen LogP contribution in [-0.2, 0) is 9.59 Å². The summed E-state index contributed by atoms with van der Waals surface area (Å²) in [6, 6.07) is 0. The van der Waals surface area contributed by atoms with Crippen LogP contribution in [0.4, 0.5) is 0 Å². The third-order valence-electron chi connectivity index (χ3n) is 2.27. The maximum atomic E-state index is 10.6. The lowest BCUT2D eigenvalue weighted by Crippen LogP contribution is -2.08. The van der Waals surface area contributed by atoms with Gasteiger partial charge in [0.05, 0.1) is 5.92 Å². The molecule has 0 fully saturated rings. The molecule has 0 radical (unpaired) electrons. The smallest absolute Gasteiger partial charge is 0.381 e. The van der Waals surface area contributed by atoms with Crippen molar-refractivity contribution in [3.8, 4) is 11.8 Å². The van der Waals surface area contributed by atoms with E-state index in [0.29, 0.717) is 12.3 Å². The van der Waals surface area contributed by atoms with Crippen LogP contribution in [0.1, 0.15) is 33.1 Å². The van der Waals surface area contributed by atoms with Crippen molar-refractivity contribution < 1.29 is 14.7 Å². The molecule has 0 aliphatic heterocycles. The van der Waals surface area contributed by atoms with Crippen molar-refractivity contribution >= 4 is 12.3 Å². The van der Waals surface area contributed by atoms with Gasteiger partial charge in [0.1, 0.15) is 6.29 Å². The van der Waals surface area contributed by atoms with E-state index in [1.54, 1.807) is 0 Å². The summed E-state index contributed by atoms with van der Waals surface area (Å²) >= 11 is 0. The van der Waals surface area contributed by atoms with E-state index in [-0.39, 0.29) is 0 Å². The van der Waals surface area contributed by atoms with Gasteiger partial charge in [0.2, 0.25) is 0 Å². The molecule has 0 aliphatic rings. The van der Waals surface area contributed by atoms with Crippen LogP contribution in [0.5, 0.6) is 0 Å². The largest absolute Gasteiger partial charge is 0.472 e. The standard InChI is InChI=1S/C11H16O3/c1-3-9(4-2)7-10(8-12)5-6-11(13)14/h8-10H,3-4,7H2,1-2H3,(H,13,14). The second-order valence-corrected chi connectivity index (χ2v) is 3.24. The van der Waals surface area contributed by atoms with E-state index in [0.717, 1.165) is 19.1 Å². The zero-order valence-electron chi connectivity index (χ0n) is 8.62. The Labute approximate surface area is 84.5 Å². The van der Waals surface area contributed by atoms with Crippen LogP contribution >= 0.6 is 0 Å². The molecule has 0 saturated carbocycles. The number of hydrogen-bond donors (Lipinski definition) is 1. The molecular weight excluding hydrogens is 180 g/mol. The fourth-order valence-corrected chi connectivity index (χ4v) is 1.28. The molecule has 0 amide bonds. The van der Waals surface area contributed by atoms with Gasteiger partial charge in [-0.25, -0.2) is 4.79 Å². The molecule has 3 heteroatoms. The molecule has 0 heterocycles. The minimum Gasteiger partial charge on any atom is -0.472 e. The Balaban J connectivity index is 4.23. The van der Waals surface area contributed by atoms with Crippen LogP contribution in [0.15, 0.2) is 0 Å². The van der Waals surface area contributed by atoms with Gasteiger partial charge in [-0.05, 0) is 12.3 Å². The Morgan fingerprint density at radius 1 is 1.43 bits per heavy atom. The van der Waals surface area contributed by atoms with Crippen LogP contribution in [0.25, 0.3) is 0 Å². The summed E-state index contributed by atoms with van der Waals surface area (Å²) in [5.41, 5.74) is 0. The van der Waals surface area contributed by atoms with Crippen molar-refractivity contribution in [2.24, 2.45) is 11.8 Å². The average molecular weight is 196 g/mol. The molecule has 0 aromatic rings. The quantitative estimate of drug-likeness (QED) is 0.538. The van der Waals surface area contributed by atoms with E-state index < -0.39 is 11.9 Å². The lowest BCUT2D eigenvalue weighted by molar-refractivity contribution is -0.130. The minimum absolute atomic E-state index is 0.434. The number of carboxylic acids is 1. The van der Waals surface area contributed by atoms with Gasteiger partial charge in [-0.15, -0.1) is 0 Å². The fraction of sp³-hybridized carbons (Fsp3) is 0.636. The Kier molecular flexibility index (Phi) is 6.47. The van der Waals surface area contributed by atoms with Gasteiger partial charge in [-0.2, -0.15) is 0 Å². The molecule has 0 bridgehead atoms. The van der Waals surface area contributed by atoms with Crippen LogP contribution in [-0.4, -0.2) is 17.4 Å². The predicted molar refractivity (Wildman–Crippen MR) is 53.7 cm³/mol. The van der Waals surface area contributed by atoms with Gasteiger partial charge in [-0.3, -0.25) is 0 Å². The van der Waals surface area contributed by atoms with Crippen LogP contribution in [0, 0.1) is 23.7 Å². The summed E-state index contributed by atoms with van der Waals surface area (Å²) < 4.78 is 0. The lowest BCUT2D eigenvalue weighted by atomic mass is 9.92. The molecule has 3 nitrogen and oxygen atoms in total. The maximum Gasteiger partial charge on any atom is 0.381 e. The molecule has 0 spiro atoms. The van der Waals surface area contributed by atoms with Gasteiger partial charge in [0.15, 0.2) is 0 Å². The van der Waals surface area contributed by atoms with Crippen molar-refractivity contribution in [2.45, 2.75) is 33.1 Å². The van der Waals surface area contributed by atoms with E-state index in [2.05, 4.69) is 19.8 Å². The van der Waals surface area contributed by atoms with Crippen LogP contribution in [0.2, 0.25) is 0 Å². The van der Waals surface area contributed by atoms with Crippen molar-refractivity contribution in [1.82, 2.24) is 0 Å². The van der Waals surface area contributed by atoms with E-state index in [1.807, 2.05) is 5.92 Å². The van der Waals surface area contributed by atoms with Crippen LogP contribution < -0.4 is 0 Å². The summed E-state index contributed by atoms with van der Waals surface area (Å²) in [4.78, 5) is 20.7. The number of aliphatic carboxylic acids is 1. The Morgan fingerprint density at radius 2 is 2.00 bits per heavy atom. The molecule has 0 rings (SSSR count). The number of carbonyl (C=O) groups excluding carboxylic acids is 1.